The highest BCUT2D eigenvalue weighted by Crippen LogP contribution is 2.51. The maximum Gasteiger partial charge on any atom is 0.416 e. The van der Waals surface area contributed by atoms with E-state index in [4.69, 9.17) is 9.47 Å². The van der Waals surface area contributed by atoms with E-state index in [2.05, 4.69) is 0 Å². The van der Waals surface area contributed by atoms with Crippen molar-refractivity contribution < 1.29 is 41.8 Å². The summed E-state index contributed by atoms with van der Waals surface area (Å²) < 4.78 is 50.1. The summed E-state index contributed by atoms with van der Waals surface area (Å²) >= 11 is 0. The monoisotopic (exact) mass is 452 g/mol. The molecule has 0 bridgehead atoms. The Hall–Kier alpha value is -3.37. The fraction of sp³-hybridized carbons (Fsp3) is 0.429. The molecule has 0 aromatic heterocycles. The van der Waals surface area contributed by atoms with E-state index in [1.54, 1.807) is 0 Å². The standard InChI is InChI=1S/C21H19F3N2O6/c1-31-18(29)20(19(30)32-2)10-15(26-16(27)7-8-17(26)28)25-13-9-12(21(22,23)24)5-3-11(13)4-6-14(20)25/h3-6,9,14-15H,7-8,10H2,1-2H3/t14-,15-/m1/s1. The summed E-state index contributed by atoms with van der Waals surface area (Å²) in [5.74, 6) is -3.01. The molecule has 0 radical (unpaired) electrons. The van der Waals surface area contributed by atoms with E-state index < -0.39 is 53.1 Å². The average Bonchev–Trinajstić information content (AvgIpc) is 3.28. The van der Waals surface area contributed by atoms with Crippen LogP contribution in [0.15, 0.2) is 24.3 Å². The number of fused-ring (bicyclic) bond motifs is 3. The van der Waals surface area contributed by atoms with E-state index in [0.717, 1.165) is 31.3 Å². The molecule has 2 saturated heterocycles. The molecule has 170 valence electrons. The maximum atomic E-state index is 13.4. The number of rotatable bonds is 3. The van der Waals surface area contributed by atoms with Crippen LogP contribution in [0.25, 0.3) is 6.08 Å². The predicted molar refractivity (Wildman–Crippen MR) is 103 cm³/mol. The number of anilines is 1. The summed E-state index contributed by atoms with van der Waals surface area (Å²) in [4.78, 5) is 53.1. The smallest absolute Gasteiger partial charge is 0.416 e. The zero-order valence-corrected chi connectivity index (χ0v) is 17.1. The molecule has 2 amide bonds. The van der Waals surface area contributed by atoms with Crippen molar-refractivity contribution in [2.75, 3.05) is 19.1 Å². The Morgan fingerprint density at radius 1 is 1.06 bits per heavy atom. The lowest BCUT2D eigenvalue weighted by Crippen LogP contribution is -2.53. The number of amides is 2. The van der Waals surface area contributed by atoms with Crippen molar-refractivity contribution >= 4 is 35.5 Å². The Morgan fingerprint density at radius 3 is 2.19 bits per heavy atom. The number of carbonyl (C=O) groups is 4. The van der Waals surface area contributed by atoms with Crippen LogP contribution in [0.3, 0.4) is 0 Å². The van der Waals surface area contributed by atoms with Crippen molar-refractivity contribution in [2.45, 2.75) is 37.6 Å². The van der Waals surface area contributed by atoms with Crippen molar-refractivity contribution in [1.29, 1.82) is 0 Å². The van der Waals surface area contributed by atoms with E-state index in [9.17, 15) is 32.3 Å². The minimum absolute atomic E-state index is 0.0412. The number of likely N-dealkylation sites (tertiary alicyclic amines) is 1. The highest BCUT2D eigenvalue weighted by Gasteiger charge is 2.66. The van der Waals surface area contributed by atoms with Crippen LogP contribution >= 0.6 is 0 Å². The summed E-state index contributed by atoms with van der Waals surface area (Å²) in [5, 5.41) is 0. The summed E-state index contributed by atoms with van der Waals surface area (Å²) in [6.07, 6.45) is -3.36. The number of ether oxygens (including phenoxy) is 2. The number of nitrogens with zero attached hydrogens (tertiary/aromatic N) is 2. The molecular formula is C21H19F3N2O6. The summed E-state index contributed by atoms with van der Waals surface area (Å²) in [5.41, 5.74) is -2.51. The van der Waals surface area contributed by atoms with Crippen LogP contribution in [0, 0.1) is 5.41 Å². The Balaban J connectivity index is 1.95. The van der Waals surface area contributed by atoms with Gasteiger partial charge in [0.2, 0.25) is 11.8 Å². The fourth-order valence-corrected chi connectivity index (χ4v) is 4.77. The molecular weight excluding hydrogens is 433 g/mol. The molecule has 3 aliphatic heterocycles. The molecule has 2 fully saturated rings. The van der Waals surface area contributed by atoms with Crippen LogP contribution in [-0.4, -0.2) is 55.1 Å². The summed E-state index contributed by atoms with van der Waals surface area (Å²) in [6, 6.07) is 1.92. The Labute approximate surface area is 180 Å². The van der Waals surface area contributed by atoms with Crippen LogP contribution in [0.2, 0.25) is 0 Å². The molecule has 8 nitrogen and oxygen atoms in total. The third-order valence-corrected chi connectivity index (χ3v) is 6.21. The normalized spacial score (nSPS) is 23.8. The Morgan fingerprint density at radius 2 is 1.66 bits per heavy atom. The highest BCUT2D eigenvalue weighted by molar-refractivity contribution is 6.06. The third kappa shape index (κ3) is 2.98. The molecule has 3 heterocycles. The van der Waals surface area contributed by atoms with Gasteiger partial charge in [0, 0.05) is 24.9 Å². The minimum Gasteiger partial charge on any atom is -0.468 e. The van der Waals surface area contributed by atoms with Gasteiger partial charge in [-0.05, 0) is 17.7 Å². The van der Waals surface area contributed by atoms with Crippen LogP contribution in [0.5, 0.6) is 0 Å². The van der Waals surface area contributed by atoms with E-state index >= 15 is 0 Å². The van der Waals surface area contributed by atoms with E-state index in [-0.39, 0.29) is 24.9 Å². The van der Waals surface area contributed by atoms with Gasteiger partial charge < -0.3 is 14.4 Å². The minimum atomic E-state index is -4.65. The van der Waals surface area contributed by atoms with Gasteiger partial charge >= 0.3 is 18.1 Å². The van der Waals surface area contributed by atoms with Crippen LogP contribution in [0.4, 0.5) is 18.9 Å². The second-order valence-electron chi connectivity index (χ2n) is 7.78. The SMILES string of the molecule is COC(=O)C1(C(=O)OC)C[C@@H](N2C(=O)CCC2=O)N2c3cc(C(F)(F)F)ccc3C=C[C@@H]21. The number of benzene rings is 1. The van der Waals surface area contributed by atoms with Crippen molar-refractivity contribution in [3.8, 4) is 0 Å². The molecule has 1 aromatic carbocycles. The zero-order chi connectivity index (χ0) is 23.4. The quantitative estimate of drug-likeness (QED) is 0.394. The lowest BCUT2D eigenvalue weighted by molar-refractivity contribution is -0.169. The number of carbonyl (C=O) groups excluding carboxylic acids is 4. The molecule has 32 heavy (non-hydrogen) atoms. The number of hydrogen-bond acceptors (Lipinski definition) is 7. The third-order valence-electron chi connectivity index (χ3n) is 6.21. The van der Waals surface area contributed by atoms with Gasteiger partial charge in [-0.25, -0.2) is 0 Å². The Bertz CT molecular complexity index is 1020. The van der Waals surface area contributed by atoms with Crippen molar-refractivity contribution in [3.63, 3.8) is 0 Å². The Kier molecular flexibility index (Phi) is 5.02. The number of alkyl halides is 3. The molecule has 1 aromatic rings. The first kappa shape index (κ1) is 21.8. The van der Waals surface area contributed by atoms with Crippen LogP contribution in [0.1, 0.15) is 30.4 Å². The van der Waals surface area contributed by atoms with Gasteiger partial charge in [0.05, 0.1) is 25.8 Å². The largest absolute Gasteiger partial charge is 0.468 e. The van der Waals surface area contributed by atoms with Gasteiger partial charge in [0.25, 0.3) is 0 Å². The lowest BCUT2D eigenvalue weighted by Gasteiger charge is -2.39. The number of hydrogen-bond donors (Lipinski definition) is 0. The maximum absolute atomic E-state index is 13.4. The molecule has 11 heteroatoms. The first-order valence-corrected chi connectivity index (χ1v) is 9.75. The first-order chi connectivity index (χ1) is 15.1. The van der Waals surface area contributed by atoms with E-state index in [0.29, 0.717) is 5.56 Å². The average molecular weight is 452 g/mol. The topological polar surface area (TPSA) is 93.2 Å². The number of esters is 2. The molecule has 0 saturated carbocycles. The fourth-order valence-electron chi connectivity index (χ4n) is 4.77. The molecule has 0 spiro atoms. The van der Waals surface area contributed by atoms with E-state index in [1.165, 1.54) is 23.1 Å². The van der Waals surface area contributed by atoms with E-state index in [1.807, 2.05) is 0 Å². The molecule has 4 rings (SSSR count). The summed E-state index contributed by atoms with van der Waals surface area (Å²) in [6.45, 7) is 0. The van der Waals surface area contributed by atoms with Gasteiger partial charge in [0.1, 0.15) is 6.17 Å². The molecule has 0 aliphatic carbocycles. The molecule has 0 N–H and O–H groups in total. The van der Waals surface area contributed by atoms with Crippen LogP contribution < -0.4 is 4.90 Å². The first-order valence-electron chi connectivity index (χ1n) is 9.75. The second-order valence-corrected chi connectivity index (χ2v) is 7.78. The van der Waals surface area contributed by atoms with Gasteiger partial charge in [-0.2, -0.15) is 13.2 Å². The predicted octanol–water partition coefficient (Wildman–Crippen LogP) is 2.12. The van der Waals surface area contributed by atoms with Gasteiger partial charge in [-0.15, -0.1) is 0 Å². The number of halogens is 3. The zero-order valence-electron chi connectivity index (χ0n) is 17.1. The highest BCUT2D eigenvalue weighted by atomic mass is 19.4. The molecule has 0 unspecified atom stereocenters. The second kappa shape index (κ2) is 7.35. The van der Waals surface area contributed by atoms with Crippen molar-refractivity contribution in [2.24, 2.45) is 5.41 Å². The van der Waals surface area contributed by atoms with Gasteiger partial charge in [-0.3, -0.25) is 24.1 Å². The van der Waals surface area contributed by atoms with Crippen LogP contribution in [-0.2, 0) is 34.8 Å². The van der Waals surface area contributed by atoms with Crippen molar-refractivity contribution in [3.05, 3.63) is 35.4 Å². The lowest BCUT2D eigenvalue weighted by atomic mass is 9.78. The summed E-state index contributed by atoms with van der Waals surface area (Å²) in [7, 11) is 2.14. The van der Waals surface area contributed by atoms with Crippen molar-refractivity contribution in [1.82, 2.24) is 4.90 Å². The van der Waals surface area contributed by atoms with Gasteiger partial charge in [-0.1, -0.05) is 18.2 Å². The number of imide groups is 1. The number of methoxy groups -OCH3 is 2. The molecule has 3 aliphatic rings. The van der Waals surface area contributed by atoms with Gasteiger partial charge in [0.15, 0.2) is 5.41 Å². The molecule has 2 atom stereocenters.